The molecule has 0 atom stereocenters. The number of fused-ring (bicyclic) bond motifs is 1. The first-order chi connectivity index (χ1) is 12.8. The van der Waals surface area contributed by atoms with Crippen molar-refractivity contribution in [1.29, 1.82) is 0 Å². The molecule has 1 saturated heterocycles. The van der Waals surface area contributed by atoms with Gasteiger partial charge in [-0.15, -0.1) is 5.10 Å². The van der Waals surface area contributed by atoms with Crippen molar-refractivity contribution in [3.05, 3.63) is 42.1 Å². The van der Waals surface area contributed by atoms with Gasteiger partial charge < -0.3 is 4.90 Å². The van der Waals surface area contributed by atoms with E-state index in [2.05, 4.69) is 58.2 Å². The third kappa shape index (κ3) is 3.34. The number of piperazine rings is 1. The summed E-state index contributed by atoms with van der Waals surface area (Å²) in [6.45, 7) is 8.50. The lowest BCUT2D eigenvalue weighted by Crippen LogP contribution is -2.45. The van der Waals surface area contributed by atoms with Crippen LogP contribution in [0.5, 0.6) is 0 Å². The number of aryl methyl sites for hydroxylation is 1. The number of hydrogen-bond acceptors (Lipinski definition) is 5. The van der Waals surface area contributed by atoms with Crippen molar-refractivity contribution in [2.45, 2.75) is 19.9 Å². The fourth-order valence-electron chi connectivity index (χ4n) is 3.60. The quantitative estimate of drug-likeness (QED) is 0.707. The van der Waals surface area contributed by atoms with Gasteiger partial charge in [-0.05, 0) is 19.0 Å². The first-order valence-electron chi connectivity index (χ1n) is 9.43. The van der Waals surface area contributed by atoms with Gasteiger partial charge in [0.1, 0.15) is 5.69 Å². The molecule has 3 aromatic rings. The zero-order valence-corrected chi connectivity index (χ0v) is 15.6. The van der Waals surface area contributed by atoms with Crippen LogP contribution in [0.3, 0.4) is 0 Å². The van der Waals surface area contributed by atoms with Gasteiger partial charge in [0.15, 0.2) is 5.65 Å². The molecule has 4 rings (SSSR count). The third-order valence-corrected chi connectivity index (χ3v) is 5.26. The highest BCUT2D eigenvalue weighted by Gasteiger charge is 2.18. The number of likely N-dealkylation sites (N-methyl/N-ethyl adjacent to an activating group) is 1. The molecule has 1 aliphatic rings. The Kier molecular flexibility index (Phi) is 4.95. The molecule has 2 aromatic heterocycles. The molecule has 0 amide bonds. The molecule has 0 aliphatic carbocycles. The van der Waals surface area contributed by atoms with Gasteiger partial charge in [0.05, 0.1) is 18.1 Å². The molecule has 0 radical (unpaired) electrons. The van der Waals surface area contributed by atoms with Crippen molar-refractivity contribution in [3.8, 4) is 11.3 Å². The van der Waals surface area contributed by atoms with Crippen LogP contribution in [-0.2, 0) is 13.0 Å². The predicted octanol–water partition coefficient (Wildman–Crippen LogP) is 2.30. The number of aromatic nitrogens is 4. The van der Waals surface area contributed by atoms with E-state index in [1.807, 2.05) is 16.9 Å². The molecule has 6 heteroatoms. The summed E-state index contributed by atoms with van der Waals surface area (Å²) in [5.41, 5.74) is 4.27. The smallest absolute Gasteiger partial charge is 0.181 e. The molecular formula is C20H26N6. The van der Waals surface area contributed by atoms with Crippen LogP contribution in [0.1, 0.15) is 12.5 Å². The number of benzene rings is 1. The third-order valence-electron chi connectivity index (χ3n) is 5.26. The highest BCUT2D eigenvalue weighted by atomic mass is 15.3. The van der Waals surface area contributed by atoms with E-state index in [1.54, 1.807) is 0 Å². The summed E-state index contributed by atoms with van der Waals surface area (Å²) < 4.78 is 2.04. The zero-order chi connectivity index (χ0) is 17.9. The van der Waals surface area contributed by atoms with Crippen LogP contribution in [0.4, 0.5) is 0 Å². The molecule has 136 valence electrons. The normalized spacial score (nSPS) is 16.4. The van der Waals surface area contributed by atoms with Gasteiger partial charge in [-0.2, -0.15) is 10.2 Å². The topological polar surface area (TPSA) is 50.1 Å². The number of nitrogens with zero attached hydrogens (tertiary/aromatic N) is 6. The molecule has 6 nitrogen and oxygen atoms in total. The van der Waals surface area contributed by atoms with Crippen molar-refractivity contribution in [1.82, 2.24) is 29.8 Å². The summed E-state index contributed by atoms with van der Waals surface area (Å²) in [6.07, 6.45) is 2.80. The van der Waals surface area contributed by atoms with Gasteiger partial charge in [-0.3, -0.25) is 4.90 Å². The summed E-state index contributed by atoms with van der Waals surface area (Å²) in [6, 6.07) is 10.4. The second-order valence-electron chi connectivity index (χ2n) is 7.00. The van der Waals surface area contributed by atoms with Gasteiger partial charge in [0.25, 0.3) is 0 Å². The largest absolute Gasteiger partial charge is 0.304 e. The van der Waals surface area contributed by atoms with E-state index >= 15 is 0 Å². The minimum atomic E-state index is 0.842. The maximum absolute atomic E-state index is 4.94. The Morgan fingerprint density at radius 2 is 1.77 bits per heavy atom. The van der Waals surface area contributed by atoms with E-state index < -0.39 is 0 Å². The second-order valence-corrected chi connectivity index (χ2v) is 7.00. The maximum atomic E-state index is 4.94. The molecule has 1 aromatic carbocycles. The van der Waals surface area contributed by atoms with E-state index in [9.17, 15) is 0 Å². The molecule has 0 saturated carbocycles. The van der Waals surface area contributed by atoms with Crippen LogP contribution in [-0.4, -0.2) is 69.5 Å². The maximum Gasteiger partial charge on any atom is 0.181 e. The van der Waals surface area contributed by atoms with E-state index in [1.165, 1.54) is 5.56 Å². The SMILES string of the molecule is CCc1cnnc2c1c(-c1ccccc1)nn2CCN1CCN(C)CC1. The lowest BCUT2D eigenvalue weighted by Gasteiger charge is -2.32. The Balaban J connectivity index is 1.67. The lowest BCUT2D eigenvalue weighted by molar-refractivity contribution is 0.149. The van der Waals surface area contributed by atoms with Crippen molar-refractivity contribution in [2.24, 2.45) is 0 Å². The van der Waals surface area contributed by atoms with E-state index in [4.69, 9.17) is 5.10 Å². The highest BCUT2D eigenvalue weighted by molar-refractivity contribution is 5.93. The first-order valence-corrected chi connectivity index (χ1v) is 9.43. The van der Waals surface area contributed by atoms with Gasteiger partial charge in [0.2, 0.25) is 0 Å². The average Bonchev–Trinajstić information content (AvgIpc) is 3.07. The minimum absolute atomic E-state index is 0.842. The molecule has 3 heterocycles. The van der Waals surface area contributed by atoms with Gasteiger partial charge >= 0.3 is 0 Å². The summed E-state index contributed by atoms with van der Waals surface area (Å²) in [5, 5.41) is 14.8. The monoisotopic (exact) mass is 350 g/mol. The first kappa shape index (κ1) is 17.1. The molecule has 0 bridgehead atoms. The van der Waals surface area contributed by atoms with Crippen LogP contribution in [0.25, 0.3) is 22.3 Å². The molecule has 1 aliphatic heterocycles. The number of rotatable bonds is 5. The second kappa shape index (κ2) is 7.51. The Hall–Kier alpha value is -2.31. The molecule has 26 heavy (non-hydrogen) atoms. The zero-order valence-electron chi connectivity index (χ0n) is 15.6. The minimum Gasteiger partial charge on any atom is -0.304 e. The molecular weight excluding hydrogens is 324 g/mol. The molecule has 0 N–H and O–H groups in total. The van der Waals surface area contributed by atoms with Crippen molar-refractivity contribution >= 4 is 11.0 Å². The van der Waals surface area contributed by atoms with Crippen molar-refractivity contribution in [2.75, 3.05) is 39.8 Å². The summed E-state index contributed by atoms with van der Waals surface area (Å²) in [5.74, 6) is 0. The summed E-state index contributed by atoms with van der Waals surface area (Å²) >= 11 is 0. The van der Waals surface area contributed by atoms with Crippen LogP contribution in [0.15, 0.2) is 36.5 Å². The van der Waals surface area contributed by atoms with E-state index in [0.717, 1.165) is 68.0 Å². The van der Waals surface area contributed by atoms with Gasteiger partial charge in [-0.1, -0.05) is 37.3 Å². The Labute approximate surface area is 154 Å². The van der Waals surface area contributed by atoms with Crippen molar-refractivity contribution < 1.29 is 0 Å². The van der Waals surface area contributed by atoms with E-state index in [0.29, 0.717) is 0 Å². The molecule has 0 unspecified atom stereocenters. The Morgan fingerprint density at radius 1 is 1.00 bits per heavy atom. The van der Waals surface area contributed by atoms with Crippen LogP contribution >= 0.6 is 0 Å². The average molecular weight is 350 g/mol. The predicted molar refractivity (Wildman–Crippen MR) is 104 cm³/mol. The number of hydrogen-bond donors (Lipinski definition) is 0. The van der Waals surface area contributed by atoms with E-state index in [-0.39, 0.29) is 0 Å². The van der Waals surface area contributed by atoms with Gasteiger partial charge in [0, 0.05) is 38.3 Å². The van der Waals surface area contributed by atoms with Crippen LogP contribution in [0, 0.1) is 0 Å². The molecule has 0 spiro atoms. The standard InChI is InChI=1S/C20H26N6/c1-3-16-15-21-22-20-18(16)19(17-7-5-4-6-8-17)23-26(20)14-13-25-11-9-24(2)10-12-25/h4-8,15H,3,9-14H2,1-2H3. The van der Waals surface area contributed by atoms with Crippen LogP contribution in [0.2, 0.25) is 0 Å². The Morgan fingerprint density at radius 3 is 2.50 bits per heavy atom. The lowest BCUT2D eigenvalue weighted by atomic mass is 10.1. The van der Waals surface area contributed by atoms with Crippen molar-refractivity contribution in [3.63, 3.8) is 0 Å². The fourth-order valence-corrected chi connectivity index (χ4v) is 3.60. The fraction of sp³-hybridized carbons (Fsp3) is 0.450. The summed E-state index contributed by atoms with van der Waals surface area (Å²) in [7, 11) is 2.19. The van der Waals surface area contributed by atoms with Gasteiger partial charge in [-0.25, -0.2) is 4.68 Å². The summed E-state index contributed by atoms with van der Waals surface area (Å²) in [4.78, 5) is 4.89. The molecule has 1 fully saturated rings. The highest BCUT2D eigenvalue weighted by Crippen LogP contribution is 2.29. The Bertz CT molecular complexity index is 865. The van der Waals surface area contributed by atoms with Crippen LogP contribution < -0.4 is 0 Å².